The molecule has 0 spiro atoms. The molecule has 1 saturated heterocycles. The van der Waals surface area contributed by atoms with Gasteiger partial charge in [0, 0.05) is 13.1 Å². The number of nitrogens with zero attached hydrogens (tertiary/aromatic N) is 4. The lowest BCUT2D eigenvalue weighted by Gasteiger charge is -2.31. The largest absolute Gasteiger partial charge is 0.328 e. The zero-order valence-corrected chi connectivity index (χ0v) is 14.0. The Kier molecular flexibility index (Phi) is 4.17. The molecule has 5 nitrogen and oxygen atoms in total. The second-order valence-corrected chi connectivity index (χ2v) is 6.40. The van der Waals surface area contributed by atoms with Crippen LogP contribution >= 0.6 is 12.2 Å². The molecule has 2 aromatic heterocycles. The van der Waals surface area contributed by atoms with E-state index in [-0.39, 0.29) is 0 Å². The number of fused-ring (bicyclic) bond motifs is 1. The van der Waals surface area contributed by atoms with Gasteiger partial charge in [-0.2, -0.15) is 5.10 Å². The van der Waals surface area contributed by atoms with Gasteiger partial charge in [0.15, 0.2) is 10.4 Å². The Balaban J connectivity index is 1.87. The van der Waals surface area contributed by atoms with Crippen LogP contribution in [0.5, 0.6) is 0 Å². The van der Waals surface area contributed by atoms with Gasteiger partial charge in [0.25, 0.3) is 0 Å². The molecular formula is C15H25N5S. The highest BCUT2D eigenvalue weighted by Crippen LogP contribution is 2.23. The minimum atomic E-state index is 0.721. The minimum absolute atomic E-state index is 0.721. The first kappa shape index (κ1) is 14.8. The molecule has 0 aliphatic carbocycles. The Morgan fingerprint density at radius 2 is 1.95 bits per heavy atom. The Morgan fingerprint density at radius 3 is 2.57 bits per heavy atom. The van der Waals surface area contributed by atoms with E-state index >= 15 is 0 Å². The standard InChI is InChI=1S/C15H25N5S/c1-4-18-8-6-12(7-9-18)10-19-14-13(16-15(19)21)11(3)17-20(14)5-2/h12H,4-10H2,1-3H3,(H,16,21). The van der Waals surface area contributed by atoms with Crippen molar-refractivity contribution in [2.24, 2.45) is 5.92 Å². The maximum Gasteiger partial charge on any atom is 0.179 e. The molecule has 1 aliphatic heterocycles. The third kappa shape index (κ3) is 2.66. The van der Waals surface area contributed by atoms with Crippen LogP contribution in [0, 0.1) is 17.6 Å². The molecule has 0 aromatic carbocycles. The molecule has 0 atom stereocenters. The first-order valence-corrected chi connectivity index (χ1v) is 8.43. The molecule has 0 unspecified atom stereocenters. The fourth-order valence-electron chi connectivity index (χ4n) is 3.39. The highest BCUT2D eigenvalue weighted by atomic mass is 32.1. The molecule has 1 fully saturated rings. The van der Waals surface area contributed by atoms with Gasteiger partial charge in [-0.15, -0.1) is 0 Å². The summed E-state index contributed by atoms with van der Waals surface area (Å²) in [7, 11) is 0. The van der Waals surface area contributed by atoms with Gasteiger partial charge < -0.3 is 14.5 Å². The van der Waals surface area contributed by atoms with Crippen molar-refractivity contribution in [2.45, 2.75) is 46.7 Å². The molecule has 1 aliphatic rings. The number of rotatable bonds is 4. The molecule has 0 amide bonds. The number of H-pyrrole nitrogens is 1. The van der Waals surface area contributed by atoms with Crippen molar-refractivity contribution in [1.82, 2.24) is 24.2 Å². The first-order chi connectivity index (χ1) is 10.1. The zero-order chi connectivity index (χ0) is 15.0. The van der Waals surface area contributed by atoms with Crippen molar-refractivity contribution in [3.05, 3.63) is 10.5 Å². The number of likely N-dealkylation sites (tertiary alicyclic amines) is 1. The third-order valence-electron chi connectivity index (χ3n) is 4.73. The number of imidazole rings is 1. The normalized spacial score (nSPS) is 17.9. The van der Waals surface area contributed by atoms with Crippen molar-refractivity contribution >= 4 is 23.4 Å². The van der Waals surface area contributed by atoms with Crippen LogP contribution in [-0.4, -0.2) is 43.9 Å². The summed E-state index contributed by atoms with van der Waals surface area (Å²) in [5, 5.41) is 4.60. The summed E-state index contributed by atoms with van der Waals surface area (Å²) in [6.45, 7) is 11.9. The molecule has 6 heteroatoms. The third-order valence-corrected chi connectivity index (χ3v) is 5.05. The van der Waals surface area contributed by atoms with E-state index < -0.39 is 0 Å². The van der Waals surface area contributed by atoms with Crippen molar-refractivity contribution in [2.75, 3.05) is 19.6 Å². The van der Waals surface area contributed by atoms with Crippen LogP contribution in [-0.2, 0) is 13.1 Å². The number of aromatic nitrogens is 4. The minimum Gasteiger partial charge on any atom is -0.328 e. The quantitative estimate of drug-likeness (QED) is 0.883. The average molecular weight is 307 g/mol. The van der Waals surface area contributed by atoms with Crippen molar-refractivity contribution in [3.8, 4) is 0 Å². The molecule has 0 bridgehead atoms. The van der Waals surface area contributed by atoms with Gasteiger partial charge in [0.05, 0.1) is 5.69 Å². The summed E-state index contributed by atoms with van der Waals surface area (Å²) in [6.07, 6.45) is 2.53. The Morgan fingerprint density at radius 1 is 1.24 bits per heavy atom. The van der Waals surface area contributed by atoms with E-state index in [9.17, 15) is 0 Å². The highest BCUT2D eigenvalue weighted by Gasteiger charge is 2.21. The summed E-state index contributed by atoms with van der Waals surface area (Å²) < 4.78 is 5.17. The average Bonchev–Trinajstić information content (AvgIpc) is 2.98. The molecular weight excluding hydrogens is 282 g/mol. The Labute approximate surface area is 130 Å². The summed E-state index contributed by atoms with van der Waals surface area (Å²) in [5.74, 6) is 0.721. The zero-order valence-electron chi connectivity index (χ0n) is 13.2. The van der Waals surface area contributed by atoms with E-state index in [1.807, 2.05) is 6.92 Å². The number of nitrogens with one attached hydrogen (secondary N) is 1. The smallest absolute Gasteiger partial charge is 0.179 e. The van der Waals surface area contributed by atoms with Gasteiger partial charge >= 0.3 is 0 Å². The molecule has 3 rings (SSSR count). The van der Waals surface area contributed by atoms with Gasteiger partial charge in [0.1, 0.15) is 5.52 Å². The number of hydrogen-bond acceptors (Lipinski definition) is 3. The number of aromatic amines is 1. The predicted octanol–water partition coefficient (Wildman–Crippen LogP) is 2.96. The van der Waals surface area contributed by atoms with Crippen LogP contribution in [0.4, 0.5) is 0 Å². The topological polar surface area (TPSA) is 41.8 Å². The van der Waals surface area contributed by atoms with E-state index in [1.165, 1.54) is 32.5 Å². The van der Waals surface area contributed by atoms with Crippen molar-refractivity contribution in [1.29, 1.82) is 0 Å². The first-order valence-electron chi connectivity index (χ1n) is 8.02. The van der Waals surface area contributed by atoms with Crippen LogP contribution in [0.1, 0.15) is 32.4 Å². The van der Waals surface area contributed by atoms with Crippen LogP contribution < -0.4 is 0 Å². The molecule has 0 saturated carbocycles. The van der Waals surface area contributed by atoms with E-state index in [4.69, 9.17) is 12.2 Å². The van der Waals surface area contributed by atoms with E-state index in [1.54, 1.807) is 0 Å². The molecule has 1 N–H and O–H groups in total. The fourth-order valence-corrected chi connectivity index (χ4v) is 3.66. The number of aryl methyl sites for hydroxylation is 2. The van der Waals surface area contributed by atoms with Crippen molar-refractivity contribution < 1.29 is 0 Å². The fraction of sp³-hybridized carbons (Fsp3) is 0.733. The SMILES string of the molecule is CCN1CCC(Cn2c(=S)[nH]c3c(C)nn(CC)c32)CC1. The second kappa shape index (κ2) is 5.93. The lowest BCUT2D eigenvalue weighted by Crippen LogP contribution is -2.34. The molecule has 0 radical (unpaired) electrons. The highest BCUT2D eigenvalue weighted by molar-refractivity contribution is 7.71. The van der Waals surface area contributed by atoms with Crippen LogP contribution in [0.25, 0.3) is 11.2 Å². The van der Waals surface area contributed by atoms with E-state index in [0.717, 1.165) is 40.6 Å². The van der Waals surface area contributed by atoms with Crippen LogP contribution in [0.2, 0.25) is 0 Å². The monoisotopic (exact) mass is 307 g/mol. The van der Waals surface area contributed by atoms with Gasteiger partial charge in [-0.05, 0) is 64.5 Å². The maximum atomic E-state index is 5.54. The summed E-state index contributed by atoms with van der Waals surface area (Å²) in [4.78, 5) is 5.87. The van der Waals surface area contributed by atoms with E-state index in [0.29, 0.717) is 0 Å². The summed E-state index contributed by atoms with van der Waals surface area (Å²) in [5.41, 5.74) is 3.31. The molecule has 2 aromatic rings. The maximum absolute atomic E-state index is 5.54. The molecule has 116 valence electrons. The molecule has 3 heterocycles. The second-order valence-electron chi connectivity index (χ2n) is 6.02. The summed E-state index contributed by atoms with van der Waals surface area (Å²) >= 11 is 5.54. The van der Waals surface area contributed by atoms with Crippen LogP contribution in [0.15, 0.2) is 0 Å². The van der Waals surface area contributed by atoms with Gasteiger partial charge in [-0.1, -0.05) is 6.92 Å². The summed E-state index contributed by atoms with van der Waals surface area (Å²) in [6, 6.07) is 0. The van der Waals surface area contributed by atoms with Gasteiger partial charge in [-0.25, -0.2) is 4.68 Å². The number of piperidine rings is 1. The Bertz CT molecular complexity index is 672. The predicted molar refractivity (Wildman–Crippen MR) is 88.2 cm³/mol. The van der Waals surface area contributed by atoms with Crippen LogP contribution in [0.3, 0.4) is 0 Å². The van der Waals surface area contributed by atoms with Crippen molar-refractivity contribution in [3.63, 3.8) is 0 Å². The lowest BCUT2D eigenvalue weighted by molar-refractivity contribution is 0.181. The van der Waals surface area contributed by atoms with Gasteiger partial charge in [0.2, 0.25) is 0 Å². The molecule has 21 heavy (non-hydrogen) atoms. The number of hydrogen-bond donors (Lipinski definition) is 1. The van der Waals surface area contributed by atoms with E-state index in [2.05, 4.69) is 38.1 Å². The Hall–Kier alpha value is -1.14. The lowest BCUT2D eigenvalue weighted by atomic mass is 9.97. The van der Waals surface area contributed by atoms with Gasteiger partial charge in [-0.3, -0.25) is 0 Å².